The van der Waals surface area contributed by atoms with Gasteiger partial charge in [0.25, 0.3) is 5.91 Å². The molecular formula is C14H17BrN2O3. The van der Waals surface area contributed by atoms with Gasteiger partial charge in [0.2, 0.25) is 5.91 Å². The van der Waals surface area contributed by atoms with E-state index in [2.05, 4.69) is 21.2 Å². The molecular weight excluding hydrogens is 324 g/mol. The number of hydrogen-bond acceptors (Lipinski definition) is 3. The summed E-state index contributed by atoms with van der Waals surface area (Å²) in [6.07, 6.45) is 1.72. The average Bonchev–Trinajstić information content (AvgIpc) is 2.93. The third-order valence-electron chi connectivity index (χ3n) is 3.43. The third kappa shape index (κ3) is 3.37. The van der Waals surface area contributed by atoms with Gasteiger partial charge in [0.05, 0.1) is 24.8 Å². The molecule has 0 spiro atoms. The summed E-state index contributed by atoms with van der Waals surface area (Å²) in [6.45, 7) is 0.579. The highest BCUT2D eigenvalue weighted by Crippen LogP contribution is 2.17. The van der Waals surface area contributed by atoms with Crippen LogP contribution in [0.2, 0.25) is 0 Å². The van der Waals surface area contributed by atoms with Gasteiger partial charge in [-0.1, -0.05) is 12.1 Å². The molecule has 0 aromatic heterocycles. The van der Waals surface area contributed by atoms with Crippen molar-refractivity contribution in [3.63, 3.8) is 0 Å². The number of nitrogens with zero attached hydrogens (tertiary/aromatic N) is 1. The van der Waals surface area contributed by atoms with E-state index in [1.165, 1.54) is 0 Å². The Hall–Kier alpha value is -1.40. The zero-order chi connectivity index (χ0) is 14.5. The zero-order valence-corrected chi connectivity index (χ0v) is 12.6. The molecule has 1 fully saturated rings. The lowest BCUT2D eigenvalue weighted by Crippen LogP contribution is -2.43. The van der Waals surface area contributed by atoms with Crippen molar-refractivity contribution < 1.29 is 14.7 Å². The Labute approximate surface area is 126 Å². The molecule has 1 aromatic rings. The van der Waals surface area contributed by atoms with Crippen LogP contribution in [0, 0.1) is 0 Å². The van der Waals surface area contributed by atoms with E-state index in [0.717, 1.165) is 12.8 Å². The van der Waals surface area contributed by atoms with Crippen molar-refractivity contribution in [3.8, 4) is 0 Å². The van der Waals surface area contributed by atoms with E-state index in [1.807, 2.05) is 6.07 Å². The number of carbonyl (C=O) groups excluding carboxylic acids is 2. The highest BCUT2D eigenvalue weighted by atomic mass is 79.9. The molecule has 1 aliphatic rings. The van der Waals surface area contributed by atoms with Crippen molar-refractivity contribution in [2.24, 2.45) is 0 Å². The molecule has 1 unspecified atom stereocenters. The van der Waals surface area contributed by atoms with Crippen molar-refractivity contribution in [3.05, 3.63) is 34.3 Å². The van der Waals surface area contributed by atoms with Crippen LogP contribution in [0.3, 0.4) is 0 Å². The molecule has 1 aromatic carbocycles. The SMILES string of the molecule is O=C(NCC(=O)N1CCCC1CO)c1ccccc1Br. The molecule has 5 nitrogen and oxygen atoms in total. The van der Waals surface area contributed by atoms with Gasteiger partial charge in [-0.15, -0.1) is 0 Å². The van der Waals surface area contributed by atoms with Crippen molar-refractivity contribution in [1.82, 2.24) is 10.2 Å². The molecule has 2 N–H and O–H groups in total. The van der Waals surface area contributed by atoms with Crippen LogP contribution in [0.4, 0.5) is 0 Å². The maximum absolute atomic E-state index is 12.0. The van der Waals surface area contributed by atoms with Crippen LogP contribution >= 0.6 is 15.9 Å². The number of hydrogen-bond donors (Lipinski definition) is 2. The van der Waals surface area contributed by atoms with E-state index in [-0.39, 0.29) is 31.0 Å². The van der Waals surface area contributed by atoms with E-state index in [9.17, 15) is 14.7 Å². The Balaban J connectivity index is 1.90. The molecule has 0 radical (unpaired) electrons. The van der Waals surface area contributed by atoms with Crippen LogP contribution < -0.4 is 5.32 Å². The lowest BCUT2D eigenvalue weighted by molar-refractivity contribution is -0.131. The Morgan fingerprint density at radius 1 is 1.40 bits per heavy atom. The lowest BCUT2D eigenvalue weighted by Gasteiger charge is -2.23. The molecule has 1 saturated heterocycles. The molecule has 1 atom stereocenters. The van der Waals surface area contributed by atoms with Crippen molar-refractivity contribution in [1.29, 1.82) is 0 Å². The van der Waals surface area contributed by atoms with Crippen LogP contribution in [-0.4, -0.2) is 47.6 Å². The Kier molecular flexibility index (Phi) is 5.14. The molecule has 20 heavy (non-hydrogen) atoms. The number of halogens is 1. The maximum atomic E-state index is 12.0. The third-order valence-corrected chi connectivity index (χ3v) is 4.12. The largest absolute Gasteiger partial charge is 0.394 e. The van der Waals surface area contributed by atoms with Crippen LogP contribution in [0.1, 0.15) is 23.2 Å². The van der Waals surface area contributed by atoms with Gasteiger partial charge in [-0.25, -0.2) is 0 Å². The van der Waals surface area contributed by atoms with Gasteiger partial charge in [0, 0.05) is 11.0 Å². The first-order chi connectivity index (χ1) is 9.63. The Morgan fingerprint density at radius 2 is 2.15 bits per heavy atom. The number of nitrogens with one attached hydrogen (secondary N) is 1. The molecule has 0 aliphatic carbocycles. The highest BCUT2D eigenvalue weighted by molar-refractivity contribution is 9.10. The molecule has 6 heteroatoms. The number of amides is 2. The molecule has 2 amide bonds. The summed E-state index contributed by atoms with van der Waals surface area (Å²) in [5, 5.41) is 11.8. The van der Waals surface area contributed by atoms with E-state index in [1.54, 1.807) is 23.1 Å². The molecule has 108 valence electrons. The summed E-state index contributed by atoms with van der Waals surface area (Å²) < 4.78 is 0.694. The first-order valence-corrected chi connectivity index (χ1v) is 7.36. The smallest absolute Gasteiger partial charge is 0.252 e. The predicted molar refractivity (Wildman–Crippen MR) is 78.3 cm³/mol. The molecule has 0 saturated carbocycles. The van der Waals surface area contributed by atoms with Gasteiger partial charge in [0.15, 0.2) is 0 Å². The van der Waals surface area contributed by atoms with Gasteiger partial charge >= 0.3 is 0 Å². The number of carbonyl (C=O) groups is 2. The molecule has 1 aliphatic heterocycles. The standard InChI is InChI=1S/C14H17BrN2O3/c15-12-6-2-1-5-11(12)14(20)16-8-13(19)17-7-3-4-10(17)9-18/h1-2,5-6,10,18H,3-4,7-9H2,(H,16,20). The van der Waals surface area contributed by atoms with Crippen LogP contribution in [0.15, 0.2) is 28.7 Å². The van der Waals surface area contributed by atoms with Gasteiger partial charge < -0.3 is 15.3 Å². The number of aliphatic hydroxyl groups is 1. The second-order valence-electron chi connectivity index (χ2n) is 4.73. The van der Waals surface area contributed by atoms with E-state index in [0.29, 0.717) is 16.6 Å². The van der Waals surface area contributed by atoms with Crippen LogP contribution in [0.5, 0.6) is 0 Å². The van der Waals surface area contributed by atoms with E-state index < -0.39 is 0 Å². The molecule has 0 bridgehead atoms. The lowest BCUT2D eigenvalue weighted by atomic mass is 10.2. The highest BCUT2D eigenvalue weighted by Gasteiger charge is 2.27. The summed E-state index contributed by atoms with van der Waals surface area (Å²) in [4.78, 5) is 25.6. The van der Waals surface area contributed by atoms with Crippen molar-refractivity contribution >= 4 is 27.7 Å². The number of likely N-dealkylation sites (tertiary alicyclic amines) is 1. The fourth-order valence-corrected chi connectivity index (χ4v) is 2.82. The van der Waals surface area contributed by atoms with Gasteiger partial charge in [-0.05, 0) is 40.9 Å². The first-order valence-electron chi connectivity index (χ1n) is 6.56. The number of rotatable bonds is 4. The van der Waals surface area contributed by atoms with E-state index in [4.69, 9.17) is 0 Å². The molecule has 2 rings (SSSR count). The number of aliphatic hydroxyl groups excluding tert-OH is 1. The second kappa shape index (κ2) is 6.85. The minimum absolute atomic E-state index is 0.0239. The quantitative estimate of drug-likeness (QED) is 0.864. The van der Waals surface area contributed by atoms with E-state index >= 15 is 0 Å². The van der Waals surface area contributed by atoms with Gasteiger partial charge in [0.1, 0.15) is 0 Å². The normalized spacial score (nSPS) is 18.1. The minimum Gasteiger partial charge on any atom is -0.394 e. The first kappa shape index (κ1) is 15.0. The second-order valence-corrected chi connectivity index (χ2v) is 5.58. The summed E-state index contributed by atoms with van der Waals surface area (Å²) in [6, 6.07) is 6.95. The summed E-state index contributed by atoms with van der Waals surface area (Å²) in [7, 11) is 0. The topological polar surface area (TPSA) is 69.6 Å². The van der Waals surface area contributed by atoms with Gasteiger partial charge in [-0.3, -0.25) is 9.59 Å². The Morgan fingerprint density at radius 3 is 2.85 bits per heavy atom. The average molecular weight is 341 g/mol. The summed E-state index contributed by atoms with van der Waals surface area (Å²) in [5.74, 6) is -0.437. The minimum atomic E-state index is -0.287. The van der Waals surface area contributed by atoms with Crippen molar-refractivity contribution in [2.75, 3.05) is 19.7 Å². The fourth-order valence-electron chi connectivity index (χ4n) is 2.35. The van der Waals surface area contributed by atoms with Gasteiger partial charge in [-0.2, -0.15) is 0 Å². The molecule has 1 heterocycles. The van der Waals surface area contributed by atoms with Crippen molar-refractivity contribution in [2.45, 2.75) is 18.9 Å². The fraction of sp³-hybridized carbons (Fsp3) is 0.429. The summed E-state index contributed by atoms with van der Waals surface area (Å²) in [5.41, 5.74) is 0.500. The monoisotopic (exact) mass is 340 g/mol. The zero-order valence-electron chi connectivity index (χ0n) is 11.0. The Bertz CT molecular complexity index is 507. The number of benzene rings is 1. The maximum Gasteiger partial charge on any atom is 0.252 e. The summed E-state index contributed by atoms with van der Waals surface area (Å²) >= 11 is 3.30. The van der Waals surface area contributed by atoms with Crippen LogP contribution in [-0.2, 0) is 4.79 Å². The van der Waals surface area contributed by atoms with Crippen LogP contribution in [0.25, 0.3) is 0 Å². The predicted octanol–water partition coefficient (Wildman–Crippen LogP) is 1.16.